The monoisotopic (exact) mass is 331 g/mol. The second-order valence-electron chi connectivity index (χ2n) is 4.06. The Morgan fingerprint density at radius 1 is 1.30 bits per heavy atom. The molecular formula is C13H12Cl3N3O. The Morgan fingerprint density at radius 3 is 2.70 bits per heavy atom. The van der Waals surface area contributed by atoms with Gasteiger partial charge in [0.15, 0.2) is 0 Å². The van der Waals surface area contributed by atoms with Crippen molar-refractivity contribution in [2.45, 2.75) is 20.0 Å². The zero-order chi connectivity index (χ0) is 14.7. The molecule has 0 spiro atoms. The number of nitrogens with zero attached hydrogens (tertiary/aromatic N) is 2. The van der Waals surface area contributed by atoms with E-state index >= 15 is 0 Å². The lowest BCUT2D eigenvalue weighted by molar-refractivity contribution is 0.0950. The van der Waals surface area contributed by atoms with E-state index < -0.39 is 0 Å². The first kappa shape index (κ1) is 15.2. The molecule has 0 fully saturated rings. The summed E-state index contributed by atoms with van der Waals surface area (Å²) >= 11 is 17.8. The van der Waals surface area contributed by atoms with Crippen LogP contribution in [0.3, 0.4) is 0 Å². The van der Waals surface area contributed by atoms with Gasteiger partial charge in [0.25, 0.3) is 5.91 Å². The maximum absolute atomic E-state index is 12.1. The summed E-state index contributed by atoms with van der Waals surface area (Å²) in [7, 11) is 0. The van der Waals surface area contributed by atoms with Gasteiger partial charge >= 0.3 is 0 Å². The van der Waals surface area contributed by atoms with E-state index in [1.165, 1.54) is 6.07 Å². The maximum Gasteiger partial charge on any atom is 0.253 e. The van der Waals surface area contributed by atoms with Crippen LogP contribution in [-0.2, 0) is 13.1 Å². The topological polar surface area (TPSA) is 46.9 Å². The standard InChI is InChI=1S/C13H12Cl3N3O/c1-2-19-12(11(16)6-18-19)7-17-13(20)9-4-3-8(14)5-10(9)15/h3-6H,2,7H2,1H3,(H,17,20). The molecule has 0 aliphatic heterocycles. The van der Waals surface area contributed by atoms with Crippen LogP contribution in [0.1, 0.15) is 23.0 Å². The van der Waals surface area contributed by atoms with Gasteiger partial charge in [-0.1, -0.05) is 34.8 Å². The third-order valence-corrected chi connectivity index (χ3v) is 3.65. The van der Waals surface area contributed by atoms with Crippen molar-refractivity contribution in [2.75, 3.05) is 0 Å². The number of hydrogen-bond acceptors (Lipinski definition) is 2. The molecule has 0 saturated heterocycles. The number of hydrogen-bond donors (Lipinski definition) is 1. The number of aromatic nitrogens is 2. The highest BCUT2D eigenvalue weighted by molar-refractivity contribution is 6.36. The largest absolute Gasteiger partial charge is 0.346 e. The third-order valence-electron chi connectivity index (χ3n) is 2.79. The first-order valence-corrected chi connectivity index (χ1v) is 7.09. The Kier molecular flexibility index (Phi) is 4.91. The smallest absolute Gasteiger partial charge is 0.253 e. The predicted molar refractivity (Wildman–Crippen MR) is 80.5 cm³/mol. The minimum atomic E-state index is -0.286. The Morgan fingerprint density at radius 2 is 2.05 bits per heavy atom. The first-order valence-electron chi connectivity index (χ1n) is 5.96. The number of aryl methyl sites for hydroxylation is 1. The molecule has 1 aromatic heterocycles. The van der Waals surface area contributed by atoms with Crippen LogP contribution in [0, 0.1) is 0 Å². The molecule has 1 N–H and O–H groups in total. The average Bonchev–Trinajstić information content (AvgIpc) is 2.76. The van der Waals surface area contributed by atoms with E-state index in [2.05, 4.69) is 10.4 Å². The Hall–Kier alpha value is -1.23. The summed E-state index contributed by atoms with van der Waals surface area (Å²) < 4.78 is 1.73. The first-order chi connectivity index (χ1) is 9.52. The molecule has 1 amide bonds. The number of rotatable bonds is 4. The van der Waals surface area contributed by atoms with Crippen molar-refractivity contribution in [3.05, 3.63) is 50.7 Å². The molecular weight excluding hydrogens is 321 g/mol. The highest BCUT2D eigenvalue weighted by Crippen LogP contribution is 2.21. The normalized spacial score (nSPS) is 10.6. The molecule has 0 atom stereocenters. The molecule has 0 aliphatic carbocycles. The summed E-state index contributed by atoms with van der Waals surface area (Å²) in [6.45, 7) is 2.91. The second kappa shape index (κ2) is 6.48. The van der Waals surface area contributed by atoms with Crippen molar-refractivity contribution in [3.8, 4) is 0 Å². The van der Waals surface area contributed by atoms with E-state index in [0.29, 0.717) is 27.2 Å². The number of carbonyl (C=O) groups is 1. The summed E-state index contributed by atoms with van der Waals surface area (Å²) in [4.78, 5) is 12.1. The van der Waals surface area contributed by atoms with Gasteiger partial charge in [-0.05, 0) is 25.1 Å². The lowest BCUT2D eigenvalue weighted by atomic mass is 10.2. The van der Waals surface area contributed by atoms with Gasteiger partial charge in [-0.25, -0.2) is 0 Å². The molecule has 106 valence electrons. The molecule has 20 heavy (non-hydrogen) atoms. The number of halogens is 3. The van der Waals surface area contributed by atoms with E-state index in [-0.39, 0.29) is 12.5 Å². The zero-order valence-corrected chi connectivity index (χ0v) is 12.9. The molecule has 0 bridgehead atoms. The Bertz CT molecular complexity index is 640. The molecule has 4 nitrogen and oxygen atoms in total. The molecule has 0 radical (unpaired) electrons. The van der Waals surface area contributed by atoms with Crippen LogP contribution in [-0.4, -0.2) is 15.7 Å². The molecule has 2 aromatic rings. The summed E-state index contributed by atoms with van der Waals surface area (Å²) in [5, 5.41) is 8.19. The zero-order valence-electron chi connectivity index (χ0n) is 10.7. The van der Waals surface area contributed by atoms with Crippen LogP contribution in [0.2, 0.25) is 15.1 Å². The van der Waals surface area contributed by atoms with Gasteiger partial charge in [-0.15, -0.1) is 0 Å². The average molecular weight is 333 g/mol. The van der Waals surface area contributed by atoms with Gasteiger partial charge in [-0.3, -0.25) is 9.48 Å². The van der Waals surface area contributed by atoms with E-state index in [4.69, 9.17) is 34.8 Å². The van der Waals surface area contributed by atoms with Crippen molar-refractivity contribution in [1.82, 2.24) is 15.1 Å². The summed E-state index contributed by atoms with van der Waals surface area (Å²) in [5.74, 6) is -0.286. The van der Waals surface area contributed by atoms with Crippen molar-refractivity contribution >= 4 is 40.7 Å². The van der Waals surface area contributed by atoms with Crippen LogP contribution in [0.4, 0.5) is 0 Å². The number of benzene rings is 1. The van der Waals surface area contributed by atoms with Crippen molar-refractivity contribution in [3.63, 3.8) is 0 Å². The lowest BCUT2D eigenvalue weighted by Crippen LogP contribution is -2.24. The SMILES string of the molecule is CCn1ncc(Cl)c1CNC(=O)c1ccc(Cl)cc1Cl. The van der Waals surface area contributed by atoms with E-state index in [1.807, 2.05) is 6.92 Å². The van der Waals surface area contributed by atoms with Gasteiger partial charge in [-0.2, -0.15) is 5.10 Å². The van der Waals surface area contributed by atoms with E-state index in [0.717, 1.165) is 5.69 Å². The Balaban J connectivity index is 2.10. The number of amides is 1. The fourth-order valence-electron chi connectivity index (χ4n) is 1.77. The third kappa shape index (κ3) is 3.26. The quantitative estimate of drug-likeness (QED) is 0.926. The highest BCUT2D eigenvalue weighted by Gasteiger charge is 2.13. The van der Waals surface area contributed by atoms with Crippen molar-refractivity contribution in [2.24, 2.45) is 0 Å². The lowest BCUT2D eigenvalue weighted by Gasteiger charge is -2.09. The minimum absolute atomic E-state index is 0.282. The van der Waals surface area contributed by atoms with E-state index in [1.54, 1.807) is 23.0 Å². The predicted octanol–water partition coefficient (Wildman–Crippen LogP) is 3.79. The molecule has 2 rings (SSSR count). The molecule has 1 heterocycles. The van der Waals surface area contributed by atoms with Crippen LogP contribution < -0.4 is 5.32 Å². The van der Waals surface area contributed by atoms with Crippen LogP contribution in [0.15, 0.2) is 24.4 Å². The van der Waals surface area contributed by atoms with Crippen LogP contribution >= 0.6 is 34.8 Å². The van der Waals surface area contributed by atoms with Gasteiger partial charge in [0.2, 0.25) is 0 Å². The fourth-order valence-corrected chi connectivity index (χ4v) is 2.47. The van der Waals surface area contributed by atoms with Crippen molar-refractivity contribution < 1.29 is 4.79 Å². The maximum atomic E-state index is 12.1. The van der Waals surface area contributed by atoms with Crippen molar-refractivity contribution in [1.29, 1.82) is 0 Å². The Labute approximate surface area is 131 Å². The fraction of sp³-hybridized carbons (Fsp3) is 0.231. The highest BCUT2D eigenvalue weighted by atomic mass is 35.5. The van der Waals surface area contributed by atoms with Gasteiger partial charge in [0.1, 0.15) is 0 Å². The van der Waals surface area contributed by atoms with Crippen LogP contribution in [0.5, 0.6) is 0 Å². The van der Waals surface area contributed by atoms with Gasteiger partial charge in [0.05, 0.1) is 34.0 Å². The van der Waals surface area contributed by atoms with E-state index in [9.17, 15) is 4.79 Å². The molecule has 0 aliphatic rings. The molecule has 0 saturated carbocycles. The minimum Gasteiger partial charge on any atom is -0.346 e. The summed E-state index contributed by atoms with van der Waals surface area (Å²) in [5.41, 5.74) is 1.13. The van der Waals surface area contributed by atoms with Gasteiger partial charge in [0, 0.05) is 11.6 Å². The van der Waals surface area contributed by atoms with Gasteiger partial charge < -0.3 is 5.32 Å². The van der Waals surface area contributed by atoms with Crippen LogP contribution in [0.25, 0.3) is 0 Å². The number of nitrogens with one attached hydrogen (secondary N) is 1. The molecule has 1 aromatic carbocycles. The summed E-state index contributed by atoms with van der Waals surface area (Å²) in [6, 6.07) is 4.73. The molecule has 0 unspecified atom stereocenters. The summed E-state index contributed by atoms with van der Waals surface area (Å²) in [6.07, 6.45) is 1.56. The second-order valence-corrected chi connectivity index (χ2v) is 5.31. The number of carbonyl (C=O) groups excluding carboxylic acids is 1. The molecule has 7 heteroatoms.